The Balaban J connectivity index is 2.56. The summed E-state index contributed by atoms with van der Waals surface area (Å²) in [5.74, 6) is 0. The van der Waals surface area contributed by atoms with Crippen LogP contribution in [0.15, 0.2) is 42.1 Å². The summed E-state index contributed by atoms with van der Waals surface area (Å²) in [5, 5.41) is 10.1. The van der Waals surface area contributed by atoms with Gasteiger partial charge in [0.25, 0.3) is 0 Å². The summed E-state index contributed by atoms with van der Waals surface area (Å²) in [6.07, 6.45) is -4.25. The molecule has 0 saturated carbocycles. The van der Waals surface area contributed by atoms with E-state index in [1.807, 2.05) is 18.2 Å². The van der Waals surface area contributed by atoms with Crippen LogP contribution >= 0.6 is 0 Å². The van der Waals surface area contributed by atoms with Gasteiger partial charge in [-0.05, 0) is 24.8 Å². The fraction of sp³-hybridized carbons (Fsp3) is 0.333. The van der Waals surface area contributed by atoms with Gasteiger partial charge in [0.05, 0.1) is 4.92 Å². The van der Waals surface area contributed by atoms with Gasteiger partial charge in [-0.3, -0.25) is 10.1 Å². The maximum Gasteiger partial charge on any atom is 0.418 e. The van der Waals surface area contributed by atoms with Crippen molar-refractivity contribution in [1.82, 2.24) is 0 Å². The maximum absolute atomic E-state index is 12.4. The number of alkyl halides is 3. The van der Waals surface area contributed by atoms with Gasteiger partial charge >= 0.3 is 6.18 Å². The zero-order chi connectivity index (χ0) is 13.6. The third-order valence-electron chi connectivity index (χ3n) is 2.38. The van der Waals surface area contributed by atoms with E-state index in [1.54, 1.807) is 12.1 Å². The first kappa shape index (κ1) is 14.2. The molecule has 0 bridgehead atoms. The summed E-state index contributed by atoms with van der Waals surface area (Å²) in [6, 6.07) is 9.03. The number of nitrogens with zero attached hydrogens (tertiary/aromatic N) is 1. The van der Waals surface area contributed by atoms with Crippen molar-refractivity contribution < 1.29 is 18.1 Å². The van der Waals surface area contributed by atoms with Crippen molar-refractivity contribution in [3.8, 4) is 0 Å². The fourth-order valence-electron chi connectivity index (χ4n) is 1.53. The lowest BCUT2D eigenvalue weighted by Crippen LogP contribution is -2.13. The maximum atomic E-state index is 12.4. The molecule has 0 spiro atoms. The van der Waals surface area contributed by atoms with Crippen molar-refractivity contribution in [3.63, 3.8) is 0 Å². The van der Waals surface area contributed by atoms with Gasteiger partial charge in [-0.2, -0.15) is 13.2 Å². The first-order valence-corrected chi connectivity index (χ1v) is 5.35. The van der Waals surface area contributed by atoms with Crippen LogP contribution in [-0.2, 0) is 6.42 Å². The van der Waals surface area contributed by atoms with Gasteiger partial charge in [0.15, 0.2) is 0 Å². The molecule has 0 atom stereocenters. The van der Waals surface area contributed by atoms with Crippen LogP contribution in [0.3, 0.4) is 0 Å². The van der Waals surface area contributed by atoms with Crippen LogP contribution in [0.25, 0.3) is 0 Å². The van der Waals surface area contributed by atoms with Crippen LogP contribution < -0.4 is 0 Å². The van der Waals surface area contributed by atoms with E-state index in [1.165, 1.54) is 0 Å². The molecule has 18 heavy (non-hydrogen) atoms. The number of rotatable bonds is 5. The van der Waals surface area contributed by atoms with Crippen LogP contribution in [0.4, 0.5) is 13.2 Å². The zero-order valence-electron chi connectivity index (χ0n) is 9.48. The molecule has 0 amide bonds. The number of allylic oxidation sites excluding steroid dienone is 1. The Morgan fingerprint density at radius 3 is 2.39 bits per heavy atom. The Morgan fingerprint density at radius 2 is 1.89 bits per heavy atom. The second kappa shape index (κ2) is 6.18. The molecule has 1 aromatic rings. The van der Waals surface area contributed by atoms with E-state index in [0.717, 1.165) is 5.56 Å². The molecule has 0 saturated heterocycles. The van der Waals surface area contributed by atoms with Crippen molar-refractivity contribution in [2.75, 3.05) is 0 Å². The molecule has 0 N–H and O–H groups in total. The van der Waals surface area contributed by atoms with Crippen LogP contribution in [0.1, 0.15) is 18.4 Å². The van der Waals surface area contributed by atoms with Gasteiger partial charge < -0.3 is 0 Å². The highest BCUT2D eigenvalue weighted by Crippen LogP contribution is 2.29. The topological polar surface area (TPSA) is 43.1 Å². The average molecular weight is 259 g/mol. The predicted octanol–water partition coefficient (Wildman–Crippen LogP) is 3.73. The standard InChI is InChI=1S/C12H12F3NO2/c13-12(14,15)11(9-16(17)18)8-4-7-10-5-2-1-3-6-10/h1-3,5-6,9H,4,7-8H2/b11-9+. The summed E-state index contributed by atoms with van der Waals surface area (Å²) >= 11 is 0. The lowest BCUT2D eigenvalue weighted by Gasteiger charge is -2.08. The Hall–Kier alpha value is -1.85. The molecule has 98 valence electrons. The van der Waals surface area contributed by atoms with Crippen molar-refractivity contribution in [1.29, 1.82) is 0 Å². The highest BCUT2D eigenvalue weighted by atomic mass is 19.4. The summed E-state index contributed by atoms with van der Waals surface area (Å²) in [4.78, 5) is 9.05. The first-order valence-electron chi connectivity index (χ1n) is 5.35. The second-order valence-corrected chi connectivity index (χ2v) is 3.78. The zero-order valence-corrected chi connectivity index (χ0v) is 9.48. The van der Waals surface area contributed by atoms with E-state index in [4.69, 9.17) is 0 Å². The van der Waals surface area contributed by atoms with Gasteiger partial charge in [-0.1, -0.05) is 30.3 Å². The number of aryl methyl sites for hydroxylation is 1. The predicted molar refractivity (Wildman–Crippen MR) is 60.5 cm³/mol. The second-order valence-electron chi connectivity index (χ2n) is 3.78. The minimum Gasteiger partial charge on any atom is -0.259 e. The van der Waals surface area contributed by atoms with Crippen LogP contribution in [-0.4, -0.2) is 11.1 Å². The highest BCUT2D eigenvalue weighted by Gasteiger charge is 2.35. The molecule has 0 aliphatic rings. The first-order chi connectivity index (χ1) is 8.39. The smallest absolute Gasteiger partial charge is 0.259 e. The Morgan fingerprint density at radius 1 is 1.28 bits per heavy atom. The van der Waals surface area contributed by atoms with Crippen LogP contribution in [0.5, 0.6) is 0 Å². The molecule has 3 nitrogen and oxygen atoms in total. The van der Waals surface area contributed by atoms with Gasteiger partial charge in [0.2, 0.25) is 6.20 Å². The fourth-order valence-corrected chi connectivity index (χ4v) is 1.53. The number of nitro groups is 1. The Kier molecular flexibility index (Phi) is 4.88. The molecule has 0 aliphatic heterocycles. The molecule has 0 radical (unpaired) electrons. The van der Waals surface area contributed by atoms with Gasteiger partial charge in [-0.15, -0.1) is 0 Å². The molecule has 0 aliphatic carbocycles. The normalized spacial score (nSPS) is 12.5. The monoisotopic (exact) mass is 259 g/mol. The van der Waals surface area contributed by atoms with E-state index in [2.05, 4.69) is 0 Å². The minimum absolute atomic E-state index is 0.0466. The van der Waals surface area contributed by atoms with E-state index in [-0.39, 0.29) is 19.0 Å². The average Bonchev–Trinajstić information content (AvgIpc) is 2.27. The molecule has 0 unspecified atom stereocenters. The Bertz CT molecular complexity index is 427. The molecule has 0 heterocycles. The highest BCUT2D eigenvalue weighted by molar-refractivity contribution is 5.15. The number of benzene rings is 1. The molecule has 0 aromatic heterocycles. The molecular weight excluding hydrogens is 247 g/mol. The quantitative estimate of drug-likeness (QED) is 0.597. The third-order valence-corrected chi connectivity index (χ3v) is 2.38. The number of hydrogen-bond acceptors (Lipinski definition) is 2. The van der Waals surface area contributed by atoms with Gasteiger partial charge in [0.1, 0.15) is 5.57 Å². The van der Waals surface area contributed by atoms with E-state index in [9.17, 15) is 23.3 Å². The molecule has 6 heteroatoms. The van der Waals surface area contributed by atoms with E-state index >= 15 is 0 Å². The third kappa shape index (κ3) is 4.99. The lowest BCUT2D eigenvalue weighted by molar-refractivity contribution is -0.405. The molecule has 1 aromatic carbocycles. The lowest BCUT2D eigenvalue weighted by atomic mass is 10.0. The Labute approximate surface area is 102 Å². The van der Waals surface area contributed by atoms with Crippen LogP contribution in [0.2, 0.25) is 0 Å². The van der Waals surface area contributed by atoms with Gasteiger partial charge in [-0.25, -0.2) is 0 Å². The number of hydrogen-bond donors (Lipinski definition) is 0. The SMILES string of the molecule is O=[N+]([O-])/C=C(\CCCc1ccccc1)C(F)(F)F. The summed E-state index contributed by atoms with van der Waals surface area (Å²) in [7, 11) is 0. The van der Waals surface area contributed by atoms with Gasteiger partial charge in [0, 0.05) is 0 Å². The van der Waals surface area contributed by atoms with E-state index in [0.29, 0.717) is 6.42 Å². The van der Waals surface area contributed by atoms with Crippen molar-refractivity contribution in [3.05, 3.63) is 57.8 Å². The number of halogens is 3. The molecule has 0 fully saturated rings. The van der Waals surface area contributed by atoms with Crippen molar-refractivity contribution >= 4 is 0 Å². The van der Waals surface area contributed by atoms with Crippen LogP contribution in [0, 0.1) is 10.1 Å². The summed E-state index contributed by atoms with van der Waals surface area (Å²) < 4.78 is 37.3. The molecule has 1 rings (SSSR count). The minimum atomic E-state index is -4.64. The summed E-state index contributed by atoms with van der Waals surface area (Å²) in [6.45, 7) is 0. The van der Waals surface area contributed by atoms with E-state index < -0.39 is 16.7 Å². The largest absolute Gasteiger partial charge is 0.418 e. The van der Waals surface area contributed by atoms with Crippen molar-refractivity contribution in [2.24, 2.45) is 0 Å². The van der Waals surface area contributed by atoms with Crippen molar-refractivity contribution in [2.45, 2.75) is 25.4 Å². The molecular formula is C12H12F3NO2. The summed E-state index contributed by atoms with van der Waals surface area (Å²) in [5.41, 5.74) is -0.177.